The molecule has 0 bridgehead atoms. The molecule has 0 aromatic heterocycles. The lowest BCUT2D eigenvalue weighted by Crippen LogP contribution is -2.20. The fraction of sp³-hybridized carbons (Fsp3) is 0.312. The number of nitrogens with one attached hydrogen (secondary N) is 1. The third-order valence-electron chi connectivity index (χ3n) is 3.89. The van der Waals surface area contributed by atoms with Crippen LogP contribution in [-0.4, -0.2) is 25.8 Å². The van der Waals surface area contributed by atoms with Gasteiger partial charge in [-0.2, -0.15) is 0 Å². The fourth-order valence-electron chi connectivity index (χ4n) is 2.76. The number of carbonyl (C=O) groups is 1. The van der Waals surface area contributed by atoms with E-state index in [1.165, 1.54) is 0 Å². The Hall–Kier alpha value is -2.08. The fourth-order valence-corrected chi connectivity index (χ4v) is 3.33. The van der Waals surface area contributed by atoms with Crippen molar-refractivity contribution in [3.8, 4) is 5.75 Å². The van der Waals surface area contributed by atoms with Crippen LogP contribution in [0.3, 0.4) is 0 Å². The summed E-state index contributed by atoms with van der Waals surface area (Å²) in [6.45, 7) is 1.93. The summed E-state index contributed by atoms with van der Waals surface area (Å²) in [7, 11) is -4.59. The van der Waals surface area contributed by atoms with Gasteiger partial charge < -0.3 is 20.0 Å². The summed E-state index contributed by atoms with van der Waals surface area (Å²) in [4.78, 5) is 29.8. The number of aromatic hydroxyl groups is 1. The summed E-state index contributed by atoms with van der Waals surface area (Å²) in [5.41, 5.74) is 1.17. The van der Waals surface area contributed by atoms with Crippen LogP contribution in [0.15, 0.2) is 47.4 Å². The molecule has 0 spiro atoms. The van der Waals surface area contributed by atoms with E-state index < -0.39 is 13.5 Å². The highest BCUT2D eigenvalue weighted by Crippen LogP contribution is 2.38. The molecule has 24 heavy (non-hydrogen) atoms. The second-order valence-corrected chi connectivity index (χ2v) is 7.00. The molecular formula is C16H20NO6P. The van der Waals surface area contributed by atoms with Gasteiger partial charge in [-0.15, -0.1) is 0 Å². The highest BCUT2D eigenvalue weighted by molar-refractivity contribution is 7.49. The number of aliphatic hydroxyl groups is 1. The summed E-state index contributed by atoms with van der Waals surface area (Å²) in [6.07, 6.45) is 1.81. The SMILES string of the molecule is CCC(CC1=C(NP(=O)(O)O)CC(=O)C=C1O)c1cccc(O)c1. The van der Waals surface area contributed by atoms with Gasteiger partial charge in [0.15, 0.2) is 5.78 Å². The number of aliphatic hydroxyl groups excluding tert-OH is 1. The largest absolute Gasteiger partial charge is 0.508 e. The molecule has 1 aliphatic rings. The lowest BCUT2D eigenvalue weighted by molar-refractivity contribution is -0.114. The van der Waals surface area contributed by atoms with Crippen molar-refractivity contribution in [3.63, 3.8) is 0 Å². The maximum absolute atomic E-state index is 11.6. The number of phenols is 1. The molecule has 7 nitrogen and oxygen atoms in total. The summed E-state index contributed by atoms with van der Waals surface area (Å²) < 4.78 is 11.2. The monoisotopic (exact) mass is 353 g/mol. The number of rotatable bonds is 6. The average molecular weight is 353 g/mol. The lowest BCUT2D eigenvalue weighted by Gasteiger charge is -2.24. The van der Waals surface area contributed by atoms with E-state index in [2.05, 4.69) is 0 Å². The molecule has 0 fully saturated rings. The maximum Gasteiger partial charge on any atom is 0.427 e. The van der Waals surface area contributed by atoms with E-state index in [0.717, 1.165) is 11.6 Å². The highest BCUT2D eigenvalue weighted by atomic mass is 31.2. The topological polar surface area (TPSA) is 127 Å². The van der Waals surface area contributed by atoms with Crippen molar-refractivity contribution in [2.45, 2.75) is 32.1 Å². The Morgan fingerprint density at radius 3 is 2.58 bits per heavy atom. The van der Waals surface area contributed by atoms with E-state index in [1.54, 1.807) is 18.2 Å². The second-order valence-electron chi connectivity index (χ2n) is 5.69. The van der Waals surface area contributed by atoms with Crippen molar-refractivity contribution in [1.82, 2.24) is 5.09 Å². The zero-order valence-electron chi connectivity index (χ0n) is 13.1. The van der Waals surface area contributed by atoms with E-state index >= 15 is 0 Å². The van der Waals surface area contributed by atoms with Crippen LogP contribution < -0.4 is 5.09 Å². The first-order valence-corrected chi connectivity index (χ1v) is 9.09. The number of carbonyl (C=O) groups excluding carboxylic acids is 1. The predicted octanol–water partition coefficient (Wildman–Crippen LogP) is 2.63. The van der Waals surface area contributed by atoms with Crippen LogP contribution in [0.1, 0.15) is 37.7 Å². The number of allylic oxidation sites excluding steroid dienone is 3. The minimum atomic E-state index is -4.59. The molecule has 0 amide bonds. The molecule has 2 rings (SSSR count). The Balaban J connectivity index is 2.37. The molecule has 0 heterocycles. The van der Waals surface area contributed by atoms with Gasteiger partial charge in [-0.3, -0.25) is 9.88 Å². The Labute approximate surface area is 139 Å². The van der Waals surface area contributed by atoms with Crippen LogP contribution in [0.4, 0.5) is 0 Å². The Morgan fingerprint density at radius 2 is 2.00 bits per heavy atom. The van der Waals surface area contributed by atoms with Crippen molar-refractivity contribution >= 4 is 13.5 Å². The third-order valence-corrected chi connectivity index (χ3v) is 4.45. The summed E-state index contributed by atoms with van der Waals surface area (Å²) >= 11 is 0. The number of ketones is 1. The number of phenolic OH excluding ortho intramolecular Hbond substituents is 1. The van der Waals surface area contributed by atoms with Gasteiger partial charge in [0.1, 0.15) is 11.5 Å². The van der Waals surface area contributed by atoms with Crippen molar-refractivity contribution in [1.29, 1.82) is 0 Å². The van der Waals surface area contributed by atoms with Crippen LogP contribution in [0.25, 0.3) is 0 Å². The zero-order chi connectivity index (χ0) is 17.9. The summed E-state index contributed by atoms with van der Waals surface area (Å²) in [5, 5.41) is 21.8. The van der Waals surface area contributed by atoms with Crippen molar-refractivity contribution in [2.24, 2.45) is 0 Å². The van der Waals surface area contributed by atoms with Gasteiger partial charge in [0.2, 0.25) is 0 Å². The maximum atomic E-state index is 11.6. The number of hydrogen-bond acceptors (Lipinski definition) is 4. The number of hydrogen-bond donors (Lipinski definition) is 5. The average Bonchev–Trinajstić information content (AvgIpc) is 2.45. The molecule has 130 valence electrons. The van der Waals surface area contributed by atoms with Gasteiger partial charge in [0.25, 0.3) is 0 Å². The molecule has 1 atom stereocenters. The quantitative estimate of drug-likeness (QED) is 0.498. The molecule has 0 saturated heterocycles. The van der Waals surface area contributed by atoms with Gasteiger partial charge in [0, 0.05) is 17.3 Å². The van der Waals surface area contributed by atoms with Crippen molar-refractivity contribution in [2.75, 3.05) is 0 Å². The first-order chi connectivity index (χ1) is 11.2. The lowest BCUT2D eigenvalue weighted by atomic mass is 9.86. The van der Waals surface area contributed by atoms with Gasteiger partial charge >= 0.3 is 7.75 Å². The second kappa shape index (κ2) is 7.21. The van der Waals surface area contributed by atoms with Gasteiger partial charge in [-0.05, 0) is 36.5 Å². The Bertz CT molecular complexity index is 749. The normalized spacial score (nSPS) is 16.8. The third kappa shape index (κ3) is 4.71. The van der Waals surface area contributed by atoms with Crippen LogP contribution in [0.5, 0.6) is 5.75 Å². The van der Waals surface area contributed by atoms with E-state index in [9.17, 15) is 19.6 Å². The van der Waals surface area contributed by atoms with E-state index in [-0.39, 0.29) is 36.0 Å². The highest BCUT2D eigenvalue weighted by Gasteiger charge is 2.27. The van der Waals surface area contributed by atoms with Crippen molar-refractivity contribution in [3.05, 3.63) is 52.9 Å². The molecule has 5 N–H and O–H groups in total. The van der Waals surface area contributed by atoms with Crippen LogP contribution in [0, 0.1) is 0 Å². The Morgan fingerprint density at radius 1 is 1.29 bits per heavy atom. The Kier molecular flexibility index (Phi) is 5.49. The summed E-state index contributed by atoms with van der Waals surface area (Å²) in [6, 6.07) is 6.70. The van der Waals surface area contributed by atoms with Crippen LogP contribution in [-0.2, 0) is 9.36 Å². The molecule has 1 aliphatic carbocycles. The summed E-state index contributed by atoms with van der Waals surface area (Å²) in [5.74, 6) is -0.699. The van der Waals surface area contributed by atoms with Gasteiger partial charge in [0.05, 0.1) is 6.42 Å². The van der Waals surface area contributed by atoms with Crippen LogP contribution >= 0.6 is 7.75 Å². The zero-order valence-corrected chi connectivity index (χ0v) is 14.0. The molecule has 1 aromatic rings. The minimum Gasteiger partial charge on any atom is -0.508 e. The van der Waals surface area contributed by atoms with E-state index in [1.807, 2.05) is 18.1 Å². The molecule has 1 aromatic carbocycles. The van der Waals surface area contributed by atoms with E-state index in [4.69, 9.17) is 9.79 Å². The van der Waals surface area contributed by atoms with Crippen LogP contribution in [0.2, 0.25) is 0 Å². The van der Waals surface area contributed by atoms with Crippen molar-refractivity contribution < 1.29 is 29.4 Å². The molecule has 0 aliphatic heterocycles. The van der Waals surface area contributed by atoms with Gasteiger partial charge in [-0.1, -0.05) is 19.1 Å². The smallest absolute Gasteiger partial charge is 0.427 e. The standard InChI is InChI=1S/C16H20NO6P/c1-2-10(11-4-3-5-12(18)6-11)7-14-15(17-24(21,22)23)8-13(19)9-16(14)20/h3-6,9-10,18,20H,2,7-8H2,1H3,(H3,17,21,22,23). The van der Waals surface area contributed by atoms with Gasteiger partial charge in [-0.25, -0.2) is 4.57 Å². The molecule has 0 saturated carbocycles. The predicted molar refractivity (Wildman–Crippen MR) is 88.3 cm³/mol. The minimum absolute atomic E-state index is 0.0342. The van der Waals surface area contributed by atoms with E-state index in [0.29, 0.717) is 12.0 Å². The first kappa shape index (κ1) is 18.3. The molecule has 1 unspecified atom stereocenters. The molecule has 0 radical (unpaired) electrons. The first-order valence-electron chi connectivity index (χ1n) is 7.48. The molecular weight excluding hydrogens is 333 g/mol. The number of benzene rings is 1. The molecule has 8 heteroatoms.